The Kier molecular flexibility index (Phi) is 6.42. The third-order valence-corrected chi connectivity index (χ3v) is 5.46. The fourth-order valence-electron chi connectivity index (χ4n) is 3.68. The third-order valence-electron chi connectivity index (χ3n) is 5.22. The standard InChI is InChI=1S/C23H19ClF3N3O3/c24-15-7-8-19(17(12-15)23(25,26)27)28-20(31)13-33-22(32)16-11-14-5-1-2-6-18(14)29-21(16)30-9-3-4-10-30/h1-2,5-8,11-12H,3-4,9-10,13H2,(H,28,31). The van der Waals surface area contributed by atoms with Crippen molar-refractivity contribution in [2.24, 2.45) is 0 Å². The van der Waals surface area contributed by atoms with Crippen molar-refractivity contribution in [1.29, 1.82) is 0 Å². The molecule has 1 amide bonds. The topological polar surface area (TPSA) is 71.5 Å². The summed E-state index contributed by atoms with van der Waals surface area (Å²) in [5, 5.41) is 2.74. The monoisotopic (exact) mass is 477 g/mol. The summed E-state index contributed by atoms with van der Waals surface area (Å²) in [6.45, 7) is 0.719. The van der Waals surface area contributed by atoms with Gasteiger partial charge in [0.15, 0.2) is 6.61 Å². The highest BCUT2D eigenvalue weighted by atomic mass is 35.5. The highest BCUT2D eigenvalue weighted by Crippen LogP contribution is 2.36. The molecule has 0 bridgehead atoms. The van der Waals surface area contributed by atoms with Crippen molar-refractivity contribution in [2.75, 3.05) is 29.9 Å². The molecule has 1 aromatic heterocycles. The number of benzene rings is 2. The van der Waals surface area contributed by atoms with Gasteiger partial charge < -0.3 is 15.0 Å². The molecule has 2 aromatic carbocycles. The first kappa shape index (κ1) is 22.8. The van der Waals surface area contributed by atoms with Crippen LogP contribution in [-0.2, 0) is 15.7 Å². The van der Waals surface area contributed by atoms with Gasteiger partial charge in [-0.1, -0.05) is 29.8 Å². The van der Waals surface area contributed by atoms with Crippen molar-refractivity contribution in [3.8, 4) is 0 Å². The lowest BCUT2D eigenvalue weighted by Crippen LogP contribution is -2.25. The summed E-state index contributed by atoms with van der Waals surface area (Å²) >= 11 is 5.65. The van der Waals surface area contributed by atoms with E-state index in [0.717, 1.165) is 42.9 Å². The number of carbonyl (C=O) groups excluding carboxylic acids is 2. The fraction of sp³-hybridized carbons (Fsp3) is 0.261. The zero-order valence-corrected chi connectivity index (χ0v) is 18.0. The van der Waals surface area contributed by atoms with Crippen LogP contribution < -0.4 is 10.2 Å². The van der Waals surface area contributed by atoms with E-state index >= 15 is 0 Å². The second-order valence-corrected chi connectivity index (χ2v) is 7.99. The fourth-order valence-corrected chi connectivity index (χ4v) is 3.85. The molecule has 0 saturated carbocycles. The van der Waals surface area contributed by atoms with Gasteiger partial charge in [0.2, 0.25) is 0 Å². The second kappa shape index (κ2) is 9.27. The van der Waals surface area contributed by atoms with E-state index < -0.39 is 35.9 Å². The molecule has 4 rings (SSSR count). The van der Waals surface area contributed by atoms with Gasteiger partial charge in [-0.2, -0.15) is 13.2 Å². The Morgan fingerprint density at radius 1 is 1.09 bits per heavy atom. The van der Waals surface area contributed by atoms with Crippen molar-refractivity contribution in [3.63, 3.8) is 0 Å². The highest BCUT2D eigenvalue weighted by molar-refractivity contribution is 6.30. The minimum atomic E-state index is -4.72. The molecule has 0 radical (unpaired) electrons. The van der Waals surface area contributed by atoms with Gasteiger partial charge in [-0.25, -0.2) is 9.78 Å². The number of anilines is 2. The largest absolute Gasteiger partial charge is 0.452 e. The molecule has 3 aromatic rings. The number of pyridine rings is 1. The zero-order valence-electron chi connectivity index (χ0n) is 17.3. The first-order valence-corrected chi connectivity index (χ1v) is 10.6. The van der Waals surface area contributed by atoms with Crippen LogP contribution in [0.3, 0.4) is 0 Å². The molecule has 33 heavy (non-hydrogen) atoms. The minimum Gasteiger partial charge on any atom is -0.452 e. The predicted octanol–water partition coefficient (Wildman–Crippen LogP) is 5.30. The van der Waals surface area contributed by atoms with Gasteiger partial charge in [0.1, 0.15) is 11.4 Å². The number of para-hydroxylation sites is 1. The molecule has 1 saturated heterocycles. The van der Waals surface area contributed by atoms with E-state index in [1.807, 2.05) is 23.1 Å². The number of carbonyl (C=O) groups is 2. The quantitative estimate of drug-likeness (QED) is 0.505. The number of alkyl halides is 3. The van der Waals surface area contributed by atoms with Crippen LogP contribution in [0.15, 0.2) is 48.5 Å². The smallest absolute Gasteiger partial charge is 0.418 e. The van der Waals surface area contributed by atoms with Gasteiger partial charge in [0, 0.05) is 23.5 Å². The number of nitrogens with one attached hydrogen (secondary N) is 1. The van der Waals surface area contributed by atoms with Gasteiger partial charge in [-0.3, -0.25) is 4.79 Å². The van der Waals surface area contributed by atoms with Crippen LogP contribution in [-0.4, -0.2) is 36.6 Å². The van der Waals surface area contributed by atoms with Crippen LogP contribution in [0.25, 0.3) is 10.9 Å². The summed E-state index contributed by atoms with van der Waals surface area (Å²) in [5.74, 6) is -1.22. The zero-order chi connectivity index (χ0) is 23.6. The molecule has 1 aliphatic heterocycles. The van der Waals surface area contributed by atoms with Crippen LogP contribution in [0.4, 0.5) is 24.7 Å². The maximum Gasteiger partial charge on any atom is 0.418 e. The van der Waals surface area contributed by atoms with E-state index in [0.29, 0.717) is 11.9 Å². The molecule has 10 heteroatoms. The van der Waals surface area contributed by atoms with Crippen LogP contribution >= 0.6 is 11.6 Å². The lowest BCUT2D eigenvalue weighted by Gasteiger charge is -2.20. The minimum absolute atomic E-state index is 0.120. The molecule has 1 aliphatic rings. The van der Waals surface area contributed by atoms with E-state index in [2.05, 4.69) is 10.3 Å². The summed E-state index contributed by atoms with van der Waals surface area (Å²) in [6, 6.07) is 11.9. The summed E-state index contributed by atoms with van der Waals surface area (Å²) < 4.78 is 44.8. The second-order valence-electron chi connectivity index (χ2n) is 7.56. The molecule has 2 heterocycles. The number of hydrogen-bond acceptors (Lipinski definition) is 5. The average molecular weight is 478 g/mol. The van der Waals surface area contributed by atoms with Crippen LogP contribution in [0, 0.1) is 0 Å². The average Bonchev–Trinajstić information content (AvgIpc) is 3.32. The van der Waals surface area contributed by atoms with Gasteiger partial charge in [-0.05, 0) is 43.2 Å². The van der Waals surface area contributed by atoms with Crippen molar-refractivity contribution >= 4 is 45.9 Å². The summed E-state index contributed by atoms with van der Waals surface area (Å²) in [7, 11) is 0. The van der Waals surface area contributed by atoms with Gasteiger partial charge in [0.05, 0.1) is 16.8 Å². The number of ether oxygens (including phenoxy) is 1. The third kappa shape index (κ3) is 5.19. The summed E-state index contributed by atoms with van der Waals surface area (Å²) in [6.07, 6.45) is -2.78. The van der Waals surface area contributed by atoms with E-state index in [-0.39, 0.29) is 10.6 Å². The van der Waals surface area contributed by atoms with Gasteiger partial charge >= 0.3 is 12.1 Å². The SMILES string of the molecule is O=C(COC(=O)c1cc2ccccc2nc1N1CCCC1)Nc1ccc(Cl)cc1C(F)(F)F. The molecular formula is C23H19ClF3N3O3. The first-order valence-electron chi connectivity index (χ1n) is 10.2. The number of aromatic nitrogens is 1. The van der Waals surface area contributed by atoms with Gasteiger partial charge in [0.25, 0.3) is 5.91 Å². The molecule has 172 valence electrons. The maximum atomic E-state index is 13.2. The Morgan fingerprint density at radius 3 is 2.55 bits per heavy atom. The van der Waals surface area contributed by atoms with E-state index in [4.69, 9.17) is 16.3 Å². The lowest BCUT2D eigenvalue weighted by atomic mass is 10.1. The maximum absolute atomic E-state index is 13.2. The lowest BCUT2D eigenvalue weighted by molar-refractivity contribution is -0.137. The Bertz CT molecular complexity index is 1210. The van der Waals surface area contributed by atoms with Crippen LogP contribution in [0.1, 0.15) is 28.8 Å². The number of esters is 1. The normalized spacial score (nSPS) is 13.9. The molecular weight excluding hydrogens is 459 g/mol. The molecule has 1 N–H and O–H groups in total. The Balaban J connectivity index is 1.51. The molecule has 0 atom stereocenters. The van der Waals surface area contributed by atoms with E-state index in [1.165, 1.54) is 6.07 Å². The number of hydrogen-bond donors (Lipinski definition) is 1. The number of nitrogens with zero attached hydrogens (tertiary/aromatic N) is 2. The van der Waals surface area contributed by atoms with Crippen molar-refractivity contribution < 1.29 is 27.5 Å². The molecule has 0 aliphatic carbocycles. The van der Waals surface area contributed by atoms with Crippen LogP contribution in [0.5, 0.6) is 0 Å². The van der Waals surface area contributed by atoms with E-state index in [9.17, 15) is 22.8 Å². The van der Waals surface area contributed by atoms with Crippen molar-refractivity contribution in [1.82, 2.24) is 4.98 Å². The highest BCUT2D eigenvalue weighted by Gasteiger charge is 2.34. The van der Waals surface area contributed by atoms with E-state index in [1.54, 1.807) is 12.1 Å². The molecule has 6 nitrogen and oxygen atoms in total. The number of fused-ring (bicyclic) bond motifs is 1. The van der Waals surface area contributed by atoms with Crippen molar-refractivity contribution in [3.05, 3.63) is 64.7 Å². The molecule has 1 fully saturated rings. The van der Waals surface area contributed by atoms with Gasteiger partial charge in [-0.15, -0.1) is 0 Å². The molecule has 0 unspecified atom stereocenters. The van der Waals surface area contributed by atoms with Crippen LogP contribution in [0.2, 0.25) is 5.02 Å². The molecule has 0 spiro atoms. The Labute approximate surface area is 192 Å². The summed E-state index contributed by atoms with van der Waals surface area (Å²) in [5.41, 5.74) is -0.648. The first-order chi connectivity index (χ1) is 15.7. The summed E-state index contributed by atoms with van der Waals surface area (Å²) in [4.78, 5) is 31.7. The Hall–Kier alpha value is -3.33. The number of rotatable bonds is 5. The van der Waals surface area contributed by atoms with Crippen molar-refractivity contribution in [2.45, 2.75) is 19.0 Å². The Morgan fingerprint density at radius 2 is 1.82 bits per heavy atom. The number of amides is 1. The predicted molar refractivity (Wildman–Crippen MR) is 119 cm³/mol. The number of halogens is 4.